The van der Waals surface area contributed by atoms with Gasteiger partial charge in [0.15, 0.2) is 0 Å². The maximum absolute atomic E-state index is 11.4. The number of hydrogen-bond donors (Lipinski definition) is 3. The third kappa shape index (κ3) is 5.37. The molecule has 6 nitrogen and oxygen atoms in total. The fourth-order valence-electron chi connectivity index (χ4n) is 1.25. The number of nitrogens with two attached hydrogens (primary N) is 1. The Labute approximate surface area is 109 Å². The third-order valence-corrected chi connectivity index (χ3v) is 2.10. The Morgan fingerprint density at radius 1 is 1.26 bits per heavy atom. The van der Waals surface area contributed by atoms with E-state index in [0.717, 1.165) is 0 Å². The van der Waals surface area contributed by atoms with Gasteiger partial charge in [0.05, 0.1) is 6.42 Å². The van der Waals surface area contributed by atoms with Crippen LogP contribution in [0.5, 0.6) is 0 Å². The Hall–Kier alpha value is -2.81. The van der Waals surface area contributed by atoms with E-state index < -0.39 is 30.2 Å². The van der Waals surface area contributed by atoms with Crippen molar-refractivity contribution in [2.75, 3.05) is 0 Å². The predicted octanol–water partition coefficient (Wildman–Crippen LogP) is -0.517. The van der Waals surface area contributed by atoms with Crippen LogP contribution in [0.3, 0.4) is 0 Å². The average Bonchev–Trinajstić information content (AvgIpc) is 2.36. The lowest BCUT2D eigenvalue weighted by Crippen LogP contribution is -2.42. The van der Waals surface area contributed by atoms with Crippen molar-refractivity contribution in [1.29, 1.82) is 0 Å². The van der Waals surface area contributed by atoms with Crippen LogP contribution in [0.25, 0.3) is 0 Å². The van der Waals surface area contributed by atoms with Gasteiger partial charge < -0.3 is 16.2 Å². The minimum atomic E-state index is -1.37. The van der Waals surface area contributed by atoms with Crippen molar-refractivity contribution in [1.82, 2.24) is 5.32 Å². The number of benzene rings is 1. The molecule has 19 heavy (non-hydrogen) atoms. The largest absolute Gasteiger partial charge is 0.480 e. The fraction of sp³-hybridized carbons (Fsp3) is 0.154. The monoisotopic (exact) mass is 260 g/mol. The summed E-state index contributed by atoms with van der Waals surface area (Å²) in [5.74, 6) is 1.88. The van der Waals surface area contributed by atoms with Crippen LogP contribution in [0.4, 0.5) is 0 Å². The highest BCUT2D eigenvalue weighted by atomic mass is 16.4. The van der Waals surface area contributed by atoms with Crippen molar-refractivity contribution in [3.8, 4) is 11.8 Å². The number of amides is 2. The number of hydrogen-bond acceptors (Lipinski definition) is 3. The van der Waals surface area contributed by atoms with Gasteiger partial charge in [0, 0.05) is 11.5 Å². The second-order valence-corrected chi connectivity index (χ2v) is 3.65. The Balaban J connectivity index is 2.66. The van der Waals surface area contributed by atoms with Gasteiger partial charge in [0.25, 0.3) is 5.91 Å². The number of nitrogens with one attached hydrogen (secondary N) is 1. The molecule has 0 aliphatic rings. The van der Waals surface area contributed by atoms with Crippen molar-refractivity contribution >= 4 is 17.8 Å². The molecule has 0 aliphatic heterocycles. The maximum Gasteiger partial charge on any atom is 0.326 e. The van der Waals surface area contributed by atoms with Crippen molar-refractivity contribution in [2.24, 2.45) is 5.73 Å². The SMILES string of the molecule is NC(=O)C[C@H](NC(=O)C#Cc1ccccc1)C(=O)O. The van der Waals surface area contributed by atoms with E-state index in [-0.39, 0.29) is 0 Å². The van der Waals surface area contributed by atoms with Crippen LogP contribution in [0.2, 0.25) is 0 Å². The molecule has 0 bridgehead atoms. The quantitative estimate of drug-likeness (QED) is 0.633. The minimum Gasteiger partial charge on any atom is -0.480 e. The van der Waals surface area contributed by atoms with Crippen LogP contribution in [0.15, 0.2) is 30.3 Å². The molecule has 6 heteroatoms. The summed E-state index contributed by atoms with van der Waals surface area (Å²) in [6.07, 6.45) is -0.478. The van der Waals surface area contributed by atoms with Gasteiger partial charge in [-0.2, -0.15) is 0 Å². The molecule has 1 atom stereocenters. The second kappa shape index (κ2) is 6.81. The molecular formula is C13H12N2O4. The normalized spacial score (nSPS) is 10.7. The summed E-state index contributed by atoms with van der Waals surface area (Å²) in [4.78, 5) is 32.8. The van der Waals surface area contributed by atoms with Crippen LogP contribution in [-0.2, 0) is 14.4 Å². The Morgan fingerprint density at radius 3 is 2.42 bits per heavy atom. The number of rotatable bonds is 4. The van der Waals surface area contributed by atoms with Crippen molar-refractivity contribution < 1.29 is 19.5 Å². The van der Waals surface area contributed by atoms with E-state index in [1.165, 1.54) is 0 Å². The lowest BCUT2D eigenvalue weighted by atomic mass is 10.2. The van der Waals surface area contributed by atoms with Gasteiger partial charge in [-0.05, 0) is 12.1 Å². The smallest absolute Gasteiger partial charge is 0.326 e. The van der Waals surface area contributed by atoms with E-state index in [9.17, 15) is 14.4 Å². The van der Waals surface area contributed by atoms with E-state index in [1.807, 2.05) is 0 Å². The maximum atomic E-state index is 11.4. The summed E-state index contributed by atoms with van der Waals surface area (Å²) in [5.41, 5.74) is 5.51. The second-order valence-electron chi connectivity index (χ2n) is 3.65. The summed E-state index contributed by atoms with van der Waals surface area (Å²) in [6.45, 7) is 0. The number of aliphatic carboxylic acids is 1. The van der Waals surface area contributed by atoms with Gasteiger partial charge in [-0.15, -0.1) is 0 Å². The predicted molar refractivity (Wildman–Crippen MR) is 66.7 cm³/mol. The Bertz CT molecular complexity index is 543. The lowest BCUT2D eigenvalue weighted by molar-refractivity contribution is -0.142. The molecule has 1 aromatic carbocycles. The Kier molecular flexibility index (Phi) is 5.11. The molecule has 1 aromatic rings. The molecule has 0 unspecified atom stereocenters. The Morgan fingerprint density at radius 2 is 1.89 bits per heavy atom. The van der Waals surface area contributed by atoms with Crippen LogP contribution < -0.4 is 11.1 Å². The van der Waals surface area contributed by atoms with E-state index >= 15 is 0 Å². The van der Waals surface area contributed by atoms with E-state index in [0.29, 0.717) is 5.56 Å². The molecule has 2 amide bonds. The molecule has 0 spiro atoms. The van der Waals surface area contributed by atoms with Gasteiger partial charge in [-0.3, -0.25) is 9.59 Å². The topological polar surface area (TPSA) is 109 Å². The molecule has 0 aromatic heterocycles. The van der Waals surface area contributed by atoms with Crippen LogP contribution >= 0.6 is 0 Å². The molecule has 98 valence electrons. The molecule has 0 fully saturated rings. The van der Waals surface area contributed by atoms with E-state index in [1.54, 1.807) is 30.3 Å². The molecule has 4 N–H and O–H groups in total. The van der Waals surface area contributed by atoms with E-state index in [2.05, 4.69) is 17.2 Å². The van der Waals surface area contributed by atoms with Crippen LogP contribution in [0, 0.1) is 11.8 Å². The number of primary amides is 1. The van der Waals surface area contributed by atoms with Crippen LogP contribution in [-0.4, -0.2) is 28.9 Å². The number of carbonyl (C=O) groups excluding carboxylic acids is 2. The molecule has 0 saturated carbocycles. The average molecular weight is 260 g/mol. The summed E-state index contributed by atoms with van der Waals surface area (Å²) < 4.78 is 0. The van der Waals surface area contributed by atoms with Gasteiger partial charge in [-0.1, -0.05) is 24.1 Å². The van der Waals surface area contributed by atoms with Gasteiger partial charge >= 0.3 is 5.97 Å². The van der Waals surface area contributed by atoms with E-state index in [4.69, 9.17) is 10.8 Å². The first kappa shape index (κ1) is 14.3. The van der Waals surface area contributed by atoms with Crippen molar-refractivity contribution in [3.05, 3.63) is 35.9 Å². The van der Waals surface area contributed by atoms with Gasteiger partial charge in [-0.25, -0.2) is 4.79 Å². The highest BCUT2D eigenvalue weighted by molar-refractivity contribution is 5.97. The first-order chi connectivity index (χ1) is 8.99. The zero-order chi connectivity index (χ0) is 14.3. The lowest BCUT2D eigenvalue weighted by Gasteiger charge is -2.09. The molecule has 0 radical (unpaired) electrons. The molecular weight excluding hydrogens is 248 g/mol. The third-order valence-electron chi connectivity index (χ3n) is 2.10. The number of carbonyl (C=O) groups is 3. The molecule has 0 saturated heterocycles. The standard InChI is InChI=1S/C13H12N2O4/c14-11(16)8-10(13(18)19)15-12(17)7-6-9-4-2-1-3-5-9/h1-5,10H,8H2,(H2,14,16)(H,15,17)(H,18,19)/t10-/m0/s1. The summed E-state index contributed by atoms with van der Waals surface area (Å²) in [6, 6.07) is 7.37. The minimum absolute atomic E-state index is 0.478. The van der Waals surface area contributed by atoms with Crippen molar-refractivity contribution in [3.63, 3.8) is 0 Å². The van der Waals surface area contributed by atoms with Gasteiger partial charge in [0.1, 0.15) is 6.04 Å². The summed E-state index contributed by atoms with van der Waals surface area (Å²) in [7, 11) is 0. The highest BCUT2D eigenvalue weighted by Gasteiger charge is 2.21. The zero-order valence-electron chi connectivity index (χ0n) is 9.92. The molecule has 0 aliphatic carbocycles. The first-order valence-electron chi connectivity index (χ1n) is 5.37. The molecule has 1 rings (SSSR count). The fourth-order valence-corrected chi connectivity index (χ4v) is 1.25. The zero-order valence-corrected chi connectivity index (χ0v) is 9.92. The van der Waals surface area contributed by atoms with Gasteiger partial charge in [0.2, 0.25) is 5.91 Å². The summed E-state index contributed by atoms with van der Waals surface area (Å²) >= 11 is 0. The highest BCUT2D eigenvalue weighted by Crippen LogP contribution is 1.95. The van der Waals surface area contributed by atoms with Crippen LogP contribution in [0.1, 0.15) is 12.0 Å². The van der Waals surface area contributed by atoms with Crippen molar-refractivity contribution in [2.45, 2.75) is 12.5 Å². The first-order valence-corrected chi connectivity index (χ1v) is 5.37. The number of carboxylic acids is 1. The molecule has 0 heterocycles. The summed E-state index contributed by atoms with van der Waals surface area (Å²) in [5, 5.41) is 10.9. The number of carboxylic acid groups (broad SMARTS) is 1.